The molecule has 0 unspecified atom stereocenters. The third-order valence-electron chi connectivity index (χ3n) is 2.81. The van der Waals surface area contributed by atoms with Crippen LogP contribution in [0.25, 0.3) is 0 Å². The number of rotatable bonds is 3. The van der Waals surface area contributed by atoms with E-state index in [0.717, 1.165) is 16.8 Å². The monoisotopic (exact) mass is 348 g/mol. The van der Waals surface area contributed by atoms with Crippen LogP contribution in [0.3, 0.4) is 0 Å². The van der Waals surface area contributed by atoms with Crippen LogP contribution in [0.1, 0.15) is 16.2 Å². The predicted molar refractivity (Wildman–Crippen MR) is 74.3 cm³/mol. The quantitative estimate of drug-likeness (QED) is 0.681. The molecule has 2 rings (SSSR count). The molecule has 0 atom stereocenters. The number of hydrogen-bond acceptors (Lipinski definition) is 4. The minimum Gasteiger partial charge on any atom is -0.319 e. The molecule has 0 radical (unpaired) electrons. The molecule has 11 heteroatoms. The summed E-state index contributed by atoms with van der Waals surface area (Å²) < 4.78 is 38.5. The number of carbonyl (C=O) groups is 1. The van der Waals surface area contributed by atoms with Crippen molar-refractivity contribution < 1.29 is 22.9 Å². The van der Waals surface area contributed by atoms with E-state index in [1.165, 1.54) is 13.1 Å². The molecule has 0 bridgehead atoms. The summed E-state index contributed by atoms with van der Waals surface area (Å²) >= 11 is 5.81. The zero-order valence-electron chi connectivity index (χ0n) is 11.4. The number of hydrogen-bond donors (Lipinski definition) is 1. The van der Waals surface area contributed by atoms with E-state index in [4.69, 9.17) is 11.6 Å². The first-order chi connectivity index (χ1) is 10.6. The van der Waals surface area contributed by atoms with Crippen molar-refractivity contribution in [2.45, 2.75) is 6.18 Å². The molecule has 1 amide bonds. The molecular formula is C12H8ClF3N4O3. The zero-order valence-corrected chi connectivity index (χ0v) is 12.1. The lowest BCUT2D eigenvalue weighted by atomic mass is 10.2. The summed E-state index contributed by atoms with van der Waals surface area (Å²) in [4.78, 5) is 22.0. The van der Waals surface area contributed by atoms with E-state index in [-0.39, 0.29) is 22.1 Å². The number of benzene rings is 1. The lowest BCUT2D eigenvalue weighted by Gasteiger charge is -2.07. The first-order valence-electron chi connectivity index (χ1n) is 5.96. The fourth-order valence-corrected chi connectivity index (χ4v) is 1.89. The zero-order chi connectivity index (χ0) is 17.4. The average Bonchev–Trinajstić information content (AvgIpc) is 2.83. The number of amides is 1. The highest BCUT2D eigenvalue weighted by Crippen LogP contribution is 2.30. The Morgan fingerprint density at radius 3 is 2.57 bits per heavy atom. The van der Waals surface area contributed by atoms with Crippen molar-refractivity contribution >= 4 is 28.9 Å². The van der Waals surface area contributed by atoms with Crippen LogP contribution in [-0.2, 0) is 13.2 Å². The second-order valence-corrected chi connectivity index (χ2v) is 4.82. The lowest BCUT2D eigenvalue weighted by molar-refractivity contribution is -0.384. The summed E-state index contributed by atoms with van der Waals surface area (Å²) in [5.74, 6) is -0.933. The Balaban J connectivity index is 2.31. The molecule has 0 saturated heterocycles. The van der Waals surface area contributed by atoms with Crippen molar-refractivity contribution in [2.75, 3.05) is 5.32 Å². The number of anilines is 1. The molecule has 0 aliphatic rings. The van der Waals surface area contributed by atoms with E-state index in [9.17, 15) is 28.1 Å². The number of nitro groups is 1. The first kappa shape index (κ1) is 16.7. The molecule has 0 spiro atoms. The first-order valence-corrected chi connectivity index (χ1v) is 6.34. The molecule has 0 aliphatic carbocycles. The Kier molecular flexibility index (Phi) is 4.28. The summed E-state index contributed by atoms with van der Waals surface area (Å²) in [5.41, 5.74) is -2.03. The molecule has 1 N–H and O–H groups in total. The van der Waals surface area contributed by atoms with Gasteiger partial charge in [-0.2, -0.15) is 18.3 Å². The molecule has 1 heterocycles. The molecule has 0 aliphatic heterocycles. The van der Waals surface area contributed by atoms with Crippen LogP contribution in [0.2, 0.25) is 5.02 Å². The second-order valence-electron chi connectivity index (χ2n) is 4.41. The lowest BCUT2D eigenvalue weighted by Crippen LogP contribution is -2.16. The summed E-state index contributed by atoms with van der Waals surface area (Å²) in [6.45, 7) is 0. The fourth-order valence-electron chi connectivity index (χ4n) is 1.73. The molecule has 0 fully saturated rings. The average molecular weight is 349 g/mol. The van der Waals surface area contributed by atoms with Crippen molar-refractivity contribution in [1.82, 2.24) is 9.78 Å². The van der Waals surface area contributed by atoms with Gasteiger partial charge in [-0.25, -0.2) is 0 Å². The van der Waals surface area contributed by atoms with Crippen molar-refractivity contribution in [1.29, 1.82) is 0 Å². The van der Waals surface area contributed by atoms with E-state index in [1.54, 1.807) is 0 Å². The van der Waals surface area contributed by atoms with E-state index < -0.39 is 22.7 Å². The normalized spacial score (nSPS) is 11.3. The van der Waals surface area contributed by atoms with Gasteiger partial charge in [-0.05, 0) is 6.07 Å². The molecule has 0 saturated carbocycles. The molecule has 1 aromatic heterocycles. The molecule has 7 nitrogen and oxygen atoms in total. The molecule has 122 valence electrons. The fraction of sp³-hybridized carbons (Fsp3) is 0.167. The summed E-state index contributed by atoms with van der Waals surface area (Å²) in [5, 5.41) is 16.1. The largest absolute Gasteiger partial charge is 0.435 e. The van der Waals surface area contributed by atoms with Gasteiger partial charge < -0.3 is 5.32 Å². The number of aryl methyl sites for hydroxylation is 1. The highest BCUT2D eigenvalue weighted by atomic mass is 35.5. The van der Waals surface area contributed by atoms with Crippen LogP contribution in [0.15, 0.2) is 24.3 Å². The van der Waals surface area contributed by atoms with Gasteiger partial charge in [0.15, 0.2) is 5.69 Å². The number of alkyl halides is 3. The van der Waals surface area contributed by atoms with Crippen LogP contribution in [0.5, 0.6) is 0 Å². The highest BCUT2D eigenvalue weighted by Gasteiger charge is 2.35. The van der Waals surface area contributed by atoms with Gasteiger partial charge in [-0.15, -0.1) is 0 Å². The number of nitro benzene ring substituents is 1. The Hall–Kier alpha value is -2.62. The number of aromatic nitrogens is 2. The maximum absolute atomic E-state index is 12.6. The minimum absolute atomic E-state index is 0.00200. The van der Waals surface area contributed by atoms with E-state index in [0.29, 0.717) is 6.07 Å². The van der Waals surface area contributed by atoms with E-state index >= 15 is 0 Å². The van der Waals surface area contributed by atoms with Gasteiger partial charge in [-0.3, -0.25) is 19.6 Å². The summed E-state index contributed by atoms with van der Waals surface area (Å²) in [6, 6.07) is 3.89. The molecule has 2 aromatic rings. The topological polar surface area (TPSA) is 90.1 Å². The number of nitrogens with zero attached hydrogens (tertiary/aromatic N) is 3. The van der Waals surface area contributed by atoms with Crippen molar-refractivity contribution in [3.63, 3.8) is 0 Å². The van der Waals surface area contributed by atoms with Gasteiger partial charge in [0.1, 0.15) is 5.69 Å². The Morgan fingerprint density at radius 2 is 2.04 bits per heavy atom. The summed E-state index contributed by atoms with van der Waals surface area (Å²) in [6.07, 6.45) is -4.69. The van der Waals surface area contributed by atoms with Crippen LogP contribution in [0, 0.1) is 10.1 Å². The van der Waals surface area contributed by atoms with Gasteiger partial charge in [-0.1, -0.05) is 11.6 Å². The predicted octanol–water partition coefficient (Wildman–Crippen LogP) is 3.25. The molecule has 23 heavy (non-hydrogen) atoms. The van der Waals surface area contributed by atoms with E-state index in [1.807, 2.05) is 0 Å². The van der Waals surface area contributed by atoms with Gasteiger partial charge in [0.05, 0.1) is 15.6 Å². The SMILES string of the molecule is Cn1nc(C(F)(F)F)cc1C(=O)Nc1cc([N+](=O)[O-])ccc1Cl. The van der Waals surface area contributed by atoms with Crippen LogP contribution < -0.4 is 5.32 Å². The second kappa shape index (κ2) is 5.88. The molecular weight excluding hydrogens is 341 g/mol. The van der Waals surface area contributed by atoms with Gasteiger partial charge in [0, 0.05) is 25.2 Å². The van der Waals surface area contributed by atoms with Crippen LogP contribution in [0.4, 0.5) is 24.5 Å². The van der Waals surface area contributed by atoms with Gasteiger partial charge >= 0.3 is 6.18 Å². The molecule has 1 aromatic carbocycles. The van der Waals surface area contributed by atoms with Crippen LogP contribution in [-0.4, -0.2) is 20.6 Å². The Bertz CT molecular complexity index is 788. The smallest absolute Gasteiger partial charge is 0.319 e. The number of non-ortho nitro benzene ring substituents is 1. The minimum atomic E-state index is -4.69. The van der Waals surface area contributed by atoms with Crippen molar-refractivity contribution in [3.05, 3.63) is 50.8 Å². The Morgan fingerprint density at radius 1 is 1.39 bits per heavy atom. The van der Waals surface area contributed by atoms with Gasteiger partial charge in [0.25, 0.3) is 11.6 Å². The standard InChI is InChI=1S/C12H8ClF3N4O3/c1-19-9(5-10(18-19)12(14,15)16)11(21)17-8-4-6(20(22)23)2-3-7(8)13/h2-5H,1H3,(H,17,21). The van der Waals surface area contributed by atoms with E-state index in [2.05, 4.69) is 10.4 Å². The highest BCUT2D eigenvalue weighted by molar-refractivity contribution is 6.34. The van der Waals surface area contributed by atoms with Crippen molar-refractivity contribution in [2.24, 2.45) is 7.05 Å². The third kappa shape index (κ3) is 3.59. The Labute approximate surface area is 131 Å². The third-order valence-corrected chi connectivity index (χ3v) is 3.14. The maximum Gasteiger partial charge on any atom is 0.435 e. The van der Waals surface area contributed by atoms with Crippen molar-refractivity contribution in [3.8, 4) is 0 Å². The number of carbonyl (C=O) groups excluding carboxylic acids is 1. The summed E-state index contributed by atoms with van der Waals surface area (Å²) in [7, 11) is 1.17. The maximum atomic E-state index is 12.6. The number of nitrogens with one attached hydrogen (secondary N) is 1. The number of halogens is 4. The van der Waals surface area contributed by atoms with Gasteiger partial charge in [0.2, 0.25) is 0 Å². The van der Waals surface area contributed by atoms with Crippen LogP contribution >= 0.6 is 11.6 Å².